The second-order valence-corrected chi connectivity index (χ2v) is 5.18. The van der Waals surface area contributed by atoms with E-state index in [4.69, 9.17) is 0 Å². The Morgan fingerprint density at radius 2 is 1.88 bits per heavy atom. The molecule has 1 heterocycles. The van der Waals surface area contributed by atoms with E-state index in [2.05, 4.69) is 15.6 Å². The maximum Gasteiger partial charge on any atom is 0.274 e. The summed E-state index contributed by atoms with van der Waals surface area (Å²) in [6, 6.07) is 16.1. The molecule has 3 aromatic rings. The van der Waals surface area contributed by atoms with Crippen LogP contribution in [0.2, 0.25) is 0 Å². The van der Waals surface area contributed by atoms with E-state index >= 15 is 0 Å². The van der Waals surface area contributed by atoms with E-state index in [-0.39, 0.29) is 11.7 Å². The second kappa shape index (κ2) is 6.78. The summed E-state index contributed by atoms with van der Waals surface area (Å²) >= 11 is 0. The summed E-state index contributed by atoms with van der Waals surface area (Å²) in [4.78, 5) is 12.2. The lowest BCUT2D eigenvalue weighted by molar-refractivity contribution is 0.0954. The molecule has 0 spiro atoms. The van der Waals surface area contributed by atoms with Crippen LogP contribution in [0.25, 0.3) is 5.69 Å². The fraction of sp³-hybridized carbons (Fsp3) is 0.0556. The average molecular weight is 320 g/mol. The Kier molecular flexibility index (Phi) is 4.38. The quantitative estimate of drug-likeness (QED) is 0.573. The van der Waals surface area contributed by atoms with E-state index in [9.17, 15) is 9.90 Å². The highest BCUT2D eigenvalue weighted by Gasteiger charge is 2.14. The van der Waals surface area contributed by atoms with Gasteiger partial charge in [-0.3, -0.25) is 4.79 Å². The molecule has 24 heavy (non-hydrogen) atoms. The summed E-state index contributed by atoms with van der Waals surface area (Å²) in [5, 5.41) is 17.4. The molecule has 0 atom stereocenters. The van der Waals surface area contributed by atoms with Crippen molar-refractivity contribution in [2.24, 2.45) is 5.10 Å². The molecule has 0 aliphatic rings. The number of amides is 1. The van der Waals surface area contributed by atoms with E-state index < -0.39 is 0 Å². The predicted molar refractivity (Wildman–Crippen MR) is 91.5 cm³/mol. The Balaban J connectivity index is 1.72. The first-order chi connectivity index (χ1) is 11.6. The standard InChI is InChI=1S/C18H16N4O2/c1-13-17(12-20-22(13)15-5-3-2-4-6-15)18(24)21-19-11-14-7-9-16(23)10-8-14/h2-12,23H,1H3,(H,21,24). The maximum atomic E-state index is 12.2. The first-order valence-corrected chi connectivity index (χ1v) is 7.37. The summed E-state index contributed by atoms with van der Waals surface area (Å²) in [6.07, 6.45) is 3.03. The van der Waals surface area contributed by atoms with Gasteiger partial charge < -0.3 is 5.11 Å². The van der Waals surface area contributed by atoms with E-state index in [1.165, 1.54) is 12.4 Å². The third kappa shape index (κ3) is 3.33. The van der Waals surface area contributed by atoms with Crippen LogP contribution in [0, 0.1) is 6.92 Å². The number of carbonyl (C=O) groups excluding carboxylic acids is 1. The van der Waals surface area contributed by atoms with Gasteiger partial charge in [0.1, 0.15) is 5.75 Å². The molecule has 6 nitrogen and oxygen atoms in total. The topological polar surface area (TPSA) is 79.5 Å². The summed E-state index contributed by atoms with van der Waals surface area (Å²) < 4.78 is 1.71. The molecule has 0 bridgehead atoms. The number of hydrogen-bond donors (Lipinski definition) is 2. The molecule has 2 N–H and O–H groups in total. The third-order valence-corrected chi connectivity index (χ3v) is 3.53. The van der Waals surface area contributed by atoms with Gasteiger partial charge in [0.15, 0.2) is 0 Å². The van der Waals surface area contributed by atoms with Crippen molar-refractivity contribution in [2.45, 2.75) is 6.92 Å². The zero-order valence-electron chi connectivity index (χ0n) is 13.0. The number of hydrazone groups is 1. The number of hydrogen-bond acceptors (Lipinski definition) is 4. The first-order valence-electron chi connectivity index (χ1n) is 7.37. The van der Waals surface area contributed by atoms with E-state index in [0.717, 1.165) is 16.9 Å². The molecule has 0 unspecified atom stereocenters. The fourth-order valence-corrected chi connectivity index (χ4v) is 2.25. The predicted octanol–water partition coefficient (Wildman–Crippen LogP) is 2.65. The van der Waals surface area contributed by atoms with Crippen LogP contribution in [0.5, 0.6) is 5.75 Å². The Hall–Kier alpha value is -3.41. The Morgan fingerprint density at radius 1 is 1.17 bits per heavy atom. The van der Waals surface area contributed by atoms with E-state index in [0.29, 0.717) is 5.56 Å². The minimum Gasteiger partial charge on any atom is -0.508 e. The average Bonchev–Trinajstić information content (AvgIpc) is 2.99. The Bertz CT molecular complexity index is 868. The number of aromatic nitrogens is 2. The van der Waals surface area contributed by atoms with Crippen molar-refractivity contribution < 1.29 is 9.90 Å². The van der Waals surface area contributed by atoms with Crippen molar-refractivity contribution in [3.8, 4) is 11.4 Å². The zero-order chi connectivity index (χ0) is 16.9. The number of phenolic OH excluding ortho intramolecular Hbond substituents is 1. The van der Waals surface area contributed by atoms with Crippen molar-refractivity contribution in [2.75, 3.05) is 0 Å². The highest BCUT2D eigenvalue weighted by atomic mass is 16.3. The number of para-hydroxylation sites is 1. The van der Waals surface area contributed by atoms with Gasteiger partial charge in [-0.25, -0.2) is 10.1 Å². The maximum absolute atomic E-state index is 12.2. The molecule has 1 aromatic heterocycles. The van der Waals surface area contributed by atoms with Crippen LogP contribution in [0.15, 0.2) is 65.9 Å². The van der Waals surface area contributed by atoms with Gasteiger partial charge in [-0.1, -0.05) is 18.2 Å². The molecule has 1 amide bonds. The molecule has 0 aliphatic heterocycles. The molecule has 0 aliphatic carbocycles. The van der Waals surface area contributed by atoms with Crippen LogP contribution in [0.3, 0.4) is 0 Å². The van der Waals surface area contributed by atoms with Crippen LogP contribution >= 0.6 is 0 Å². The normalized spacial score (nSPS) is 10.9. The van der Waals surface area contributed by atoms with E-state index in [1.807, 2.05) is 37.3 Å². The van der Waals surface area contributed by atoms with Crippen molar-refractivity contribution >= 4 is 12.1 Å². The molecule has 120 valence electrons. The van der Waals surface area contributed by atoms with Gasteiger partial charge in [-0.05, 0) is 48.9 Å². The van der Waals surface area contributed by atoms with Crippen LogP contribution in [-0.2, 0) is 0 Å². The lowest BCUT2D eigenvalue weighted by atomic mass is 10.2. The largest absolute Gasteiger partial charge is 0.508 e. The van der Waals surface area contributed by atoms with Gasteiger partial charge in [0, 0.05) is 0 Å². The van der Waals surface area contributed by atoms with Gasteiger partial charge in [0.25, 0.3) is 5.91 Å². The summed E-state index contributed by atoms with van der Waals surface area (Å²) in [5.41, 5.74) is 5.34. The molecular formula is C18H16N4O2. The second-order valence-electron chi connectivity index (χ2n) is 5.18. The molecule has 0 radical (unpaired) electrons. The number of carbonyl (C=O) groups is 1. The SMILES string of the molecule is Cc1c(C(=O)NN=Cc2ccc(O)cc2)cnn1-c1ccccc1. The van der Waals surface area contributed by atoms with Gasteiger partial charge in [-0.15, -0.1) is 0 Å². The van der Waals surface area contributed by atoms with Crippen LogP contribution in [0.1, 0.15) is 21.6 Å². The molecule has 6 heteroatoms. The fourth-order valence-electron chi connectivity index (χ4n) is 2.25. The summed E-state index contributed by atoms with van der Waals surface area (Å²) in [5.74, 6) is -0.148. The molecule has 0 fully saturated rings. The summed E-state index contributed by atoms with van der Waals surface area (Å²) in [7, 11) is 0. The molecule has 3 rings (SSSR count). The Labute approximate surface area is 139 Å². The number of aromatic hydroxyl groups is 1. The van der Waals surface area contributed by atoms with Gasteiger partial charge in [0.05, 0.1) is 29.4 Å². The van der Waals surface area contributed by atoms with E-state index in [1.54, 1.807) is 28.9 Å². The van der Waals surface area contributed by atoms with Crippen LogP contribution < -0.4 is 5.43 Å². The van der Waals surface area contributed by atoms with Crippen molar-refractivity contribution in [3.63, 3.8) is 0 Å². The number of rotatable bonds is 4. The highest BCUT2D eigenvalue weighted by molar-refractivity contribution is 5.95. The molecular weight excluding hydrogens is 304 g/mol. The number of nitrogens with zero attached hydrogens (tertiary/aromatic N) is 3. The molecule has 0 saturated heterocycles. The van der Waals surface area contributed by atoms with Gasteiger partial charge in [-0.2, -0.15) is 10.2 Å². The number of phenols is 1. The summed E-state index contributed by atoms with van der Waals surface area (Å²) in [6.45, 7) is 1.83. The monoisotopic (exact) mass is 320 g/mol. The molecule has 0 saturated carbocycles. The molecule has 2 aromatic carbocycles. The van der Waals surface area contributed by atoms with Gasteiger partial charge >= 0.3 is 0 Å². The van der Waals surface area contributed by atoms with Crippen LogP contribution in [0.4, 0.5) is 0 Å². The van der Waals surface area contributed by atoms with Crippen molar-refractivity contribution in [3.05, 3.63) is 77.6 Å². The van der Waals surface area contributed by atoms with Crippen molar-refractivity contribution in [1.82, 2.24) is 15.2 Å². The van der Waals surface area contributed by atoms with Crippen LogP contribution in [-0.4, -0.2) is 27.0 Å². The number of benzene rings is 2. The highest BCUT2D eigenvalue weighted by Crippen LogP contribution is 2.13. The van der Waals surface area contributed by atoms with Crippen molar-refractivity contribution in [1.29, 1.82) is 0 Å². The van der Waals surface area contributed by atoms with Gasteiger partial charge in [0.2, 0.25) is 0 Å². The third-order valence-electron chi connectivity index (χ3n) is 3.53. The Morgan fingerprint density at radius 3 is 2.58 bits per heavy atom. The zero-order valence-corrected chi connectivity index (χ0v) is 13.0. The lowest BCUT2D eigenvalue weighted by Crippen LogP contribution is -2.18. The first kappa shape index (κ1) is 15.5. The minimum atomic E-state index is -0.329. The lowest BCUT2D eigenvalue weighted by Gasteiger charge is -2.04. The smallest absolute Gasteiger partial charge is 0.274 e. The minimum absolute atomic E-state index is 0.181. The number of nitrogens with one attached hydrogen (secondary N) is 1.